The number of nitrogens with zero attached hydrogens (tertiary/aromatic N) is 2. The van der Waals surface area contributed by atoms with Gasteiger partial charge in [0, 0.05) is 18.2 Å². The molecule has 0 aliphatic rings. The lowest BCUT2D eigenvalue weighted by atomic mass is 10.0. The molecule has 0 radical (unpaired) electrons. The maximum atomic E-state index is 12.3. The summed E-state index contributed by atoms with van der Waals surface area (Å²) in [5, 5.41) is 0.616. The molecule has 0 spiro atoms. The number of aromatic nitrogens is 3. The lowest BCUT2D eigenvalue weighted by Crippen LogP contribution is -2.04. The summed E-state index contributed by atoms with van der Waals surface area (Å²) in [4.78, 5) is 35.9. The van der Waals surface area contributed by atoms with Gasteiger partial charge in [0.25, 0.3) is 0 Å². The molecule has 3 rings (SSSR count). The zero-order valence-corrected chi connectivity index (χ0v) is 15.4. The van der Waals surface area contributed by atoms with E-state index in [1.165, 1.54) is 6.33 Å². The van der Waals surface area contributed by atoms with E-state index in [1.54, 1.807) is 19.2 Å². The number of fused-ring (bicyclic) bond motifs is 1. The molecule has 1 aromatic carbocycles. The van der Waals surface area contributed by atoms with Crippen LogP contribution in [0.5, 0.6) is 0 Å². The average Bonchev–Trinajstić information content (AvgIpc) is 3.11. The van der Waals surface area contributed by atoms with Gasteiger partial charge in [-0.2, -0.15) is 0 Å². The third-order valence-corrected chi connectivity index (χ3v) is 4.08. The minimum absolute atomic E-state index is 0.0516. The second kappa shape index (κ2) is 8.40. The molecule has 0 aliphatic carbocycles. The molecule has 3 aromatic rings. The van der Waals surface area contributed by atoms with Crippen molar-refractivity contribution in [3.63, 3.8) is 0 Å². The smallest absolute Gasteiger partial charge is 0.340 e. The van der Waals surface area contributed by atoms with Crippen molar-refractivity contribution in [2.24, 2.45) is 0 Å². The quantitative estimate of drug-likeness (QED) is 0.509. The molecule has 6 nitrogen and oxygen atoms in total. The fourth-order valence-electron chi connectivity index (χ4n) is 2.89. The standard InChI is InChI=1S/C21H21N3O3/c1-3-5-9-16(25)11-14-7-6-8-15(10-14)19-18-17(21(26)27-4-2)12-22-20(18)24-13-23-19/h5-10,12-13H,3-4,11H2,1-2H3,(H,22,23,24)/b9-5+. The number of benzene rings is 1. The van der Waals surface area contributed by atoms with Crippen LogP contribution in [0.3, 0.4) is 0 Å². The third kappa shape index (κ3) is 4.11. The first-order chi connectivity index (χ1) is 13.1. The van der Waals surface area contributed by atoms with Gasteiger partial charge < -0.3 is 9.72 Å². The zero-order valence-electron chi connectivity index (χ0n) is 15.4. The first kappa shape index (κ1) is 18.5. The SMILES string of the molecule is CC/C=C/C(=O)Cc1cccc(-c2ncnc3[nH]cc(C(=O)OCC)c23)c1. The summed E-state index contributed by atoms with van der Waals surface area (Å²) in [5.41, 5.74) is 3.29. The predicted octanol–water partition coefficient (Wildman–Crippen LogP) is 3.88. The van der Waals surface area contributed by atoms with E-state index >= 15 is 0 Å². The number of hydrogen-bond donors (Lipinski definition) is 1. The van der Waals surface area contributed by atoms with Gasteiger partial charge in [0.15, 0.2) is 5.78 Å². The highest BCUT2D eigenvalue weighted by atomic mass is 16.5. The minimum Gasteiger partial charge on any atom is -0.462 e. The van der Waals surface area contributed by atoms with Crippen LogP contribution in [-0.4, -0.2) is 33.3 Å². The van der Waals surface area contributed by atoms with Gasteiger partial charge in [-0.15, -0.1) is 0 Å². The van der Waals surface area contributed by atoms with Gasteiger partial charge in [-0.25, -0.2) is 14.8 Å². The van der Waals surface area contributed by atoms with Crippen molar-refractivity contribution >= 4 is 22.8 Å². The second-order valence-corrected chi connectivity index (χ2v) is 6.02. The number of rotatable bonds is 7. The van der Waals surface area contributed by atoms with Crippen molar-refractivity contribution in [1.29, 1.82) is 0 Å². The Morgan fingerprint density at radius 1 is 1.22 bits per heavy atom. The maximum absolute atomic E-state index is 12.3. The van der Waals surface area contributed by atoms with E-state index in [2.05, 4.69) is 15.0 Å². The zero-order chi connectivity index (χ0) is 19.2. The van der Waals surface area contributed by atoms with Gasteiger partial charge in [-0.05, 0) is 31.1 Å². The molecule has 0 fully saturated rings. The minimum atomic E-state index is -0.421. The fourth-order valence-corrected chi connectivity index (χ4v) is 2.89. The van der Waals surface area contributed by atoms with Crippen LogP contribution in [0, 0.1) is 0 Å². The average molecular weight is 363 g/mol. The molecule has 0 saturated carbocycles. The Hall–Kier alpha value is -3.28. The van der Waals surface area contributed by atoms with Crippen molar-refractivity contribution in [1.82, 2.24) is 15.0 Å². The Balaban J connectivity index is 2.01. The first-order valence-corrected chi connectivity index (χ1v) is 8.91. The molecule has 0 unspecified atom stereocenters. The van der Waals surface area contributed by atoms with E-state index in [4.69, 9.17) is 4.74 Å². The Bertz CT molecular complexity index is 1000. The molecule has 0 atom stereocenters. The van der Waals surface area contributed by atoms with Gasteiger partial charge in [0.05, 0.1) is 23.3 Å². The highest BCUT2D eigenvalue weighted by Crippen LogP contribution is 2.29. The number of carbonyl (C=O) groups excluding carboxylic acids is 2. The number of ketones is 1. The highest BCUT2D eigenvalue weighted by molar-refractivity contribution is 6.08. The van der Waals surface area contributed by atoms with Crippen LogP contribution in [-0.2, 0) is 16.0 Å². The molecule has 0 bridgehead atoms. The van der Waals surface area contributed by atoms with Gasteiger partial charge in [-0.3, -0.25) is 4.79 Å². The van der Waals surface area contributed by atoms with Gasteiger partial charge in [0.2, 0.25) is 0 Å². The normalized spacial score (nSPS) is 11.2. The van der Waals surface area contributed by atoms with Crippen molar-refractivity contribution < 1.29 is 14.3 Å². The van der Waals surface area contributed by atoms with Gasteiger partial charge in [-0.1, -0.05) is 31.2 Å². The number of allylic oxidation sites excluding steroid dienone is 2. The Morgan fingerprint density at radius 3 is 2.85 bits per heavy atom. The molecular weight excluding hydrogens is 342 g/mol. The summed E-state index contributed by atoms with van der Waals surface area (Å²) in [6.07, 6.45) is 7.64. The Labute approximate surface area is 157 Å². The summed E-state index contributed by atoms with van der Waals surface area (Å²) in [5.74, 6) is -0.369. The molecule has 2 aromatic heterocycles. The fraction of sp³-hybridized carbons (Fsp3) is 0.238. The number of H-pyrrole nitrogens is 1. The largest absolute Gasteiger partial charge is 0.462 e. The molecule has 0 saturated heterocycles. The number of carbonyl (C=O) groups is 2. The molecule has 0 aliphatic heterocycles. The Morgan fingerprint density at radius 2 is 2.07 bits per heavy atom. The number of ether oxygens (including phenoxy) is 1. The van der Waals surface area contributed by atoms with Crippen molar-refractivity contribution in [3.8, 4) is 11.3 Å². The van der Waals surface area contributed by atoms with E-state index in [0.717, 1.165) is 17.5 Å². The number of hydrogen-bond acceptors (Lipinski definition) is 5. The van der Waals surface area contributed by atoms with Crippen LogP contribution in [0.25, 0.3) is 22.3 Å². The van der Waals surface area contributed by atoms with Crippen molar-refractivity contribution in [2.75, 3.05) is 6.61 Å². The van der Waals surface area contributed by atoms with Crippen LogP contribution in [0.2, 0.25) is 0 Å². The summed E-state index contributed by atoms with van der Waals surface area (Å²) < 4.78 is 5.13. The van der Waals surface area contributed by atoms with Crippen LogP contribution >= 0.6 is 0 Å². The van der Waals surface area contributed by atoms with E-state index < -0.39 is 5.97 Å². The molecule has 138 valence electrons. The second-order valence-electron chi connectivity index (χ2n) is 6.02. The predicted molar refractivity (Wildman–Crippen MR) is 103 cm³/mol. The number of aromatic amines is 1. The molecule has 6 heteroatoms. The van der Waals surface area contributed by atoms with Crippen LogP contribution < -0.4 is 0 Å². The molecule has 27 heavy (non-hydrogen) atoms. The number of nitrogens with one attached hydrogen (secondary N) is 1. The monoisotopic (exact) mass is 363 g/mol. The third-order valence-electron chi connectivity index (χ3n) is 4.08. The van der Waals surface area contributed by atoms with Crippen LogP contribution in [0.4, 0.5) is 0 Å². The van der Waals surface area contributed by atoms with Crippen LogP contribution in [0.1, 0.15) is 36.2 Å². The van der Waals surface area contributed by atoms with E-state index in [9.17, 15) is 9.59 Å². The Kier molecular flexibility index (Phi) is 5.76. The lowest BCUT2D eigenvalue weighted by molar-refractivity contribution is -0.114. The van der Waals surface area contributed by atoms with E-state index in [0.29, 0.717) is 28.7 Å². The molecule has 2 heterocycles. The summed E-state index contributed by atoms with van der Waals surface area (Å²) >= 11 is 0. The van der Waals surface area contributed by atoms with Crippen molar-refractivity contribution in [2.45, 2.75) is 26.7 Å². The van der Waals surface area contributed by atoms with Gasteiger partial charge in [0.1, 0.15) is 12.0 Å². The molecule has 0 amide bonds. The first-order valence-electron chi connectivity index (χ1n) is 8.91. The topological polar surface area (TPSA) is 84.9 Å². The van der Waals surface area contributed by atoms with Crippen LogP contribution in [0.15, 0.2) is 48.9 Å². The van der Waals surface area contributed by atoms with E-state index in [1.807, 2.05) is 37.3 Å². The molecule has 1 N–H and O–H groups in total. The van der Waals surface area contributed by atoms with Gasteiger partial charge >= 0.3 is 5.97 Å². The maximum Gasteiger partial charge on any atom is 0.340 e. The highest BCUT2D eigenvalue weighted by Gasteiger charge is 2.19. The molecular formula is C21H21N3O3. The lowest BCUT2D eigenvalue weighted by Gasteiger charge is -2.07. The summed E-state index contributed by atoms with van der Waals surface area (Å²) in [7, 11) is 0. The summed E-state index contributed by atoms with van der Waals surface area (Å²) in [6, 6.07) is 7.61. The number of esters is 1. The summed E-state index contributed by atoms with van der Waals surface area (Å²) in [6.45, 7) is 4.04. The van der Waals surface area contributed by atoms with Crippen molar-refractivity contribution in [3.05, 3.63) is 60.1 Å². The van der Waals surface area contributed by atoms with E-state index in [-0.39, 0.29) is 12.4 Å².